The number of amides is 1. The van der Waals surface area contributed by atoms with Crippen molar-refractivity contribution >= 4 is 24.4 Å². The second kappa shape index (κ2) is 8.14. The Hall–Kier alpha value is -1.42. The van der Waals surface area contributed by atoms with Gasteiger partial charge < -0.3 is 15.2 Å². The Morgan fingerprint density at radius 1 is 1.21 bits per heavy atom. The summed E-state index contributed by atoms with van der Waals surface area (Å²) in [6.07, 6.45) is 0.936. The molecule has 0 saturated carbocycles. The predicted octanol–water partition coefficient (Wildman–Crippen LogP) is 2.34. The van der Waals surface area contributed by atoms with E-state index in [1.807, 2.05) is 0 Å². The van der Waals surface area contributed by atoms with E-state index in [2.05, 4.69) is 61.6 Å². The first-order chi connectivity index (χ1) is 13.1. The van der Waals surface area contributed by atoms with E-state index in [9.17, 15) is 9.18 Å². The number of nitrogens with zero attached hydrogens (tertiary/aromatic N) is 4. The molecule has 1 aromatic heterocycles. The highest BCUT2D eigenvalue weighted by Crippen LogP contribution is 2.39. The molecule has 2 unspecified atom stereocenters. The van der Waals surface area contributed by atoms with Gasteiger partial charge in [-0.1, -0.05) is 30.6 Å². The van der Waals surface area contributed by atoms with E-state index in [-0.39, 0.29) is 24.2 Å². The molecule has 2 aromatic rings. The van der Waals surface area contributed by atoms with Crippen LogP contribution in [-0.4, -0.2) is 38.2 Å². The number of benzene rings is 1. The number of hydrogen-bond acceptors (Lipinski definition) is 4. The fraction of sp³-hybridized carbons (Fsp3) is 0.526. The van der Waals surface area contributed by atoms with Crippen LogP contribution in [0.5, 0.6) is 0 Å². The Balaban J connectivity index is 1.63. The van der Waals surface area contributed by atoms with Gasteiger partial charge >= 0.3 is 0 Å². The van der Waals surface area contributed by atoms with Crippen LogP contribution in [0.4, 0.5) is 4.39 Å². The quantitative estimate of drug-likeness (QED) is 0.749. The molecule has 0 spiro atoms. The Bertz CT molecular complexity index is 893. The summed E-state index contributed by atoms with van der Waals surface area (Å²) in [7, 11) is 4.21. The molecule has 1 amide bonds. The van der Waals surface area contributed by atoms with Crippen molar-refractivity contribution in [3.8, 4) is 0 Å². The third kappa shape index (κ3) is 4.59. The van der Waals surface area contributed by atoms with E-state index in [1.54, 1.807) is 9.47 Å². The summed E-state index contributed by atoms with van der Waals surface area (Å²) in [6, 6.07) is 4.08. The number of aromatic nitrogens is 3. The van der Waals surface area contributed by atoms with Crippen molar-refractivity contribution in [2.45, 2.75) is 57.9 Å². The molecule has 1 aromatic carbocycles. The van der Waals surface area contributed by atoms with E-state index < -0.39 is 5.15 Å². The van der Waals surface area contributed by atoms with Gasteiger partial charge in [0.25, 0.3) is 0 Å². The molecular formula is C19H28FN5OP2. The third-order valence-electron chi connectivity index (χ3n) is 5.32. The SMILES string of the molecule is Cc1cc(C)c(C[C@H](N)CC(=O)N2CCn3c(nnc3C(F)(P)P)C2)cc1C. The molecule has 6 nitrogen and oxygen atoms in total. The van der Waals surface area contributed by atoms with Crippen LogP contribution in [0.2, 0.25) is 0 Å². The molecule has 0 saturated heterocycles. The highest BCUT2D eigenvalue weighted by Gasteiger charge is 2.32. The molecule has 28 heavy (non-hydrogen) atoms. The maximum absolute atomic E-state index is 14.2. The van der Waals surface area contributed by atoms with Crippen LogP contribution in [0.25, 0.3) is 0 Å². The van der Waals surface area contributed by atoms with Gasteiger partial charge in [-0.2, -0.15) is 0 Å². The van der Waals surface area contributed by atoms with Crippen LogP contribution in [0.15, 0.2) is 12.1 Å². The number of halogens is 1. The Morgan fingerprint density at radius 3 is 2.57 bits per heavy atom. The van der Waals surface area contributed by atoms with Crippen LogP contribution in [0.1, 0.15) is 40.3 Å². The van der Waals surface area contributed by atoms with Gasteiger partial charge in [-0.3, -0.25) is 4.79 Å². The van der Waals surface area contributed by atoms with Crippen LogP contribution < -0.4 is 5.73 Å². The zero-order valence-corrected chi connectivity index (χ0v) is 18.9. The van der Waals surface area contributed by atoms with Crippen LogP contribution in [0.3, 0.4) is 0 Å². The number of aryl methyl sites for hydroxylation is 3. The summed E-state index contributed by atoms with van der Waals surface area (Å²) in [5.41, 5.74) is 11.2. The highest BCUT2D eigenvalue weighted by molar-refractivity contribution is 7.38. The molecule has 2 N–H and O–H groups in total. The van der Waals surface area contributed by atoms with Crippen molar-refractivity contribution in [3.05, 3.63) is 46.0 Å². The Labute approximate surface area is 169 Å². The Kier molecular flexibility index (Phi) is 6.19. The average Bonchev–Trinajstić information content (AvgIpc) is 3.03. The first-order valence-electron chi connectivity index (χ1n) is 9.35. The first-order valence-corrected chi connectivity index (χ1v) is 10.5. The maximum Gasteiger partial charge on any atom is 0.224 e. The molecule has 1 aliphatic rings. The van der Waals surface area contributed by atoms with Crippen LogP contribution >= 0.6 is 18.5 Å². The number of rotatable bonds is 5. The molecule has 1 aliphatic heterocycles. The van der Waals surface area contributed by atoms with Crippen molar-refractivity contribution in [1.29, 1.82) is 0 Å². The van der Waals surface area contributed by atoms with Crippen LogP contribution in [-0.2, 0) is 29.5 Å². The van der Waals surface area contributed by atoms with Gasteiger partial charge in [0, 0.05) is 25.6 Å². The van der Waals surface area contributed by atoms with Crippen molar-refractivity contribution < 1.29 is 9.18 Å². The smallest absolute Gasteiger partial charge is 0.224 e. The molecule has 2 heterocycles. The summed E-state index contributed by atoms with van der Waals surface area (Å²) in [5, 5.41) is 6.27. The number of nitrogens with two attached hydrogens (primary N) is 1. The van der Waals surface area contributed by atoms with E-state index in [0.29, 0.717) is 31.9 Å². The van der Waals surface area contributed by atoms with E-state index in [0.717, 1.165) is 0 Å². The standard InChI is InChI=1S/C19H28FN5OP2/c1-11-6-13(3)14(7-12(11)2)8-15(21)9-17(26)24-4-5-25-16(10-24)22-23-18(25)19(20,27)28/h6-7,15H,4-5,8-10,21,27-28H2,1-3H3/t15-/m0/s1. The third-order valence-corrected chi connectivity index (χ3v) is 5.84. The van der Waals surface area contributed by atoms with Crippen molar-refractivity contribution in [2.75, 3.05) is 6.54 Å². The van der Waals surface area contributed by atoms with Gasteiger partial charge in [0.2, 0.25) is 5.91 Å². The monoisotopic (exact) mass is 423 g/mol. The molecule has 3 rings (SSSR count). The maximum atomic E-state index is 14.2. The first kappa shape index (κ1) is 21.3. The molecule has 152 valence electrons. The number of carbonyl (C=O) groups is 1. The van der Waals surface area contributed by atoms with Gasteiger partial charge in [0.1, 0.15) is 0 Å². The van der Waals surface area contributed by atoms with E-state index in [1.165, 1.54) is 22.3 Å². The lowest BCUT2D eigenvalue weighted by atomic mass is 9.95. The van der Waals surface area contributed by atoms with Crippen LogP contribution in [0, 0.1) is 20.8 Å². The normalized spacial score (nSPS) is 15.5. The molecular weight excluding hydrogens is 395 g/mol. The van der Waals surface area contributed by atoms with Crippen molar-refractivity contribution in [2.24, 2.45) is 5.73 Å². The zero-order chi connectivity index (χ0) is 20.6. The molecule has 0 fully saturated rings. The van der Waals surface area contributed by atoms with Crippen molar-refractivity contribution in [3.63, 3.8) is 0 Å². The fourth-order valence-corrected chi connectivity index (χ4v) is 4.03. The average molecular weight is 423 g/mol. The van der Waals surface area contributed by atoms with Gasteiger partial charge in [0.05, 0.1) is 6.54 Å². The van der Waals surface area contributed by atoms with Gasteiger partial charge in [-0.25, -0.2) is 4.39 Å². The topological polar surface area (TPSA) is 77.0 Å². The number of alkyl halides is 1. The molecule has 9 heteroatoms. The fourth-order valence-electron chi connectivity index (χ4n) is 3.60. The minimum Gasteiger partial charge on any atom is -0.333 e. The summed E-state index contributed by atoms with van der Waals surface area (Å²) in [4.78, 5) is 14.5. The van der Waals surface area contributed by atoms with Gasteiger partial charge in [-0.05, 0) is 49.4 Å². The number of fused-ring (bicyclic) bond motifs is 1. The summed E-state index contributed by atoms with van der Waals surface area (Å²) < 4.78 is 15.9. The summed E-state index contributed by atoms with van der Waals surface area (Å²) >= 11 is 0. The highest BCUT2D eigenvalue weighted by atomic mass is 31.1. The lowest BCUT2D eigenvalue weighted by Crippen LogP contribution is -2.42. The second-order valence-electron chi connectivity index (χ2n) is 7.71. The predicted molar refractivity (Wildman–Crippen MR) is 115 cm³/mol. The van der Waals surface area contributed by atoms with Gasteiger partial charge in [-0.15, -0.1) is 10.2 Å². The molecule has 0 radical (unpaired) electrons. The summed E-state index contributed by atoms with van der Waals surface area (Å²) in [5.74, 6) is 0.833. The van der Waals surface area contributed by atoms with Gasteiger partial charge in [0.15, 0.2) is 16.8 Å². The number of hydrogen-bond donors (Lipinski definition) is 1. The molecule has 0 aliphatic carbocycles. The largest absolute Gasteiger partial charge is 0.333 e. The summed E-state index contributed by atoms with van der Waals surface area (Å²) in [6.45, 7) is 7.56. The lowest BCUT2D eigenvalue weighted by Gasteiger charge is -2.29. The second-order valence-corrected chi connectivity index (χ2v) is 10.1. The lowest BCUT2D eigenvalue weighted by molar-refractivity contribution is -0.133. The molecule has 0 bridgehead atoms. The van der Waals surface area contributed by atoms with Crippen molar-refractivity contribution in [1.82, 2.24) is 19.7 Å². The van der Waals surface area contributed by atoms with E-state index >= 15 is 0 Å². The zero-order valence-electron chi connectivity index (χ0n) is 16.6. The molecule has 3 atom stereocenters. The minimum absolute atomic E-state index is 0.00644. The minimum atomic E-state index is -1.72. The number of carbonyl (C=O) groups excluding carboxylic acids is 1. The van der Waals surface area contributed by atoms with E-state index in [4.69, 9.17) is 5.73 Å². The Morgan fingerprint density at radius 2 is 1.89 bits per heavy atom.